The van der Waals surface area contributed by atoms with Gasteiger partial charge in [0, 0.05) is 39.4 Å². The van der Waals surface area contributed by atoms with Crippen LogP contribution in [-0.4, -0.2) is 68.3 Å². The van der Waals surface area contributed by atoms with Gasteiger partial charge in [0.25, 0.3) is 0 Å². The fourth-order valence-corrected chi connectivity index (χ4v) is 4.01. The Morgan fingerprint density at radius 3 is 2.37 bits per heavy atom. The molecule has 1 aliphatic heterocycles. The Bertz CT molecular complexity index is 883. The van der Waals surface area contributed by atoms with Crippen LogP contribution < -0.4 is 4.90 Å². The number of pyridine rings is 1. The van der Waals surface area contributed by atoms with E-state index < -0.39 is 15.8 Å². The van der Waals surface area contributed by atoms with Gasteiger partial charge >= 0.3 is 0 Å². The monoisotopic (exact) mass is 392 g/mol. The highest BCUT2D eigenvalue weighted by Gasteiger charge is 2.27. The van der Waals surface area contributed by atoms with Crippen LogP contribution >= 0.6 is 0 Å². The number of hydrogen-bond acceptors (Lipinski definition) is 5. The van der Waals surface area contributed by atoms with Gasteiger partial charge < -0.3 is 9.80 Å². The first-order valence-corrected chi connectivity index (χ1v) is 9.97. The largest absolute Gasteiger partial charge is 0.353 e. The van der Waals surface area contributed by atoms with Gasteiger partial charge in [-0.25, -0.2) is 17.8 Å². The van der Waals surface area contributed by atoms with E-state index in [1.54, 1.807) is 11.1 Å². The zero-order valence-electron chi connectivity index (χ0n) is 15.0. The molecule has 0 atom stereocenters. The van der Waals surface area contributed by atoms with E-state index in [1.807, 2.05) is 18.2 Å². The van der Waals surface area contributed by atoms with Crippen LogP contribution in [0.5, 0.6) is 0 Å². The van der Waals surface area contributed by atoms with Gasteiger partial charge in [-0.1, -0.05) is 6.07 Å². The fourth-order valence-electron chi connectivity index (χ4n) is 2.89. The smallest absolute Gasteiger partial charge is 0.243 e. The van der Waals surface area contributed by atoms with Gasteiger partial charge in [0.2, 0.25) is 15.9 Å². The summed E-state index contributed by atoms with van der Waals surface area (Å²) in [5.74, 6) is 0.0860. The van der Waals surface area contributed by atoms with Crippen LogP contribution in [0.2, 0.25) is 0 Å². The molecule has 0 unspecified atom stereocenters. The number of rotatable bonds is 5. The van der Waals surface area contributed by atoms with Crippen molar-refractivity contribution >= 4 is 21.7 Å². The molecule has 0 bridgehead atoms. The lowest BCUT2D eigenvalue weighted by molar-refractivity contribution is -0.131. The van der Waals surface area contributed by atoms with Gasteiger partial charge in [-0.05, 0) is 36.4 Å². The highest BCUT2D eigenvalue weighted by atomic mass is 32.2. The molecular weight excluding hydrogens is 371 g/mol. The van der Waals surface area contributed by atoms with Gasteiger partial charge in [-0.15, -0.1) is 0 Å². The number of likely N-dealkylation sites (N-methyl/N-ethyl adjacent to an activating group) is 1. The van der Waals surface area contributed by atoms with Crippen molar-refractivity contribution in [3.05, 3.63) is 54.5 Å². The average Bonchev–Trinajstić information content (AvgIpc) is 2.69. The second kappa shape index (κ2) is 8.01. The Morgan fingerprint density at radius 1 is 1.11 bits per heavy atom. The molecule has 3 rings (SSSR count). The van der Waals surface area contributed by atoms with Crippen LogP contribution in [0.4, 0.5) is 10.2 Å². The number of halogens is 1. The maximum absolute atomic E-state index is 13.0. The van der Waals surface area contributed by atoms with Crippen molar-refractivity contribution in [3.8, 4) is 0 Å². The molecule has 144 valence electrons. The van der Waals surface area contributed by atoms with Crippen molar-refractivity contribution in [2.75, 3.05) is 44.7 Å². The van der Waals surface area contributed by atoms with Crippen LogP contribution in [0.15, 0.2) is 53.6 Å². The average molecular weight is 392 g/mol. The number of sulfonamides is 1. The molecule has 1 aromatic carbocycles. The summed E-state index contributed by atoms with van der Waals surface area (Å²) in [4.78, 5) is 20.5. The van der Waals surface area contributed by atoms with E-state index in [0.29, 0.717) is 26.2 Å². The maximum Gasteiger partial charge on any atom is 0.243 e. The van der Waals surface area contributed by atoms with Crippen LogP contribution in [0.25, 0.3) is 0 Å². The normalized spacial score (nSPS) is 15.2. The zero-order valence-corrected chi connectivity index (χ0v) is 15.8. The third-order valence-corrected chi connectivity index (χ3v) is 6.30. The lowest BCUT2D eigenvalue weighted by Gasteiger charge is -2.36. The van der Waals surface area contributed by atoms with Crippen molar-refractivity contribution in [3.63, 3.8) is 0 Å². The number of anilines is 1. The third-order valence-electron chi connectivity index (χ3n) is 4.49. The number of piperazine rings is 1. The molecule has 1 aliphatic rings. The number of aromatic nitrogens is 1. The molecule has 0 spiro atoms. The van der Waals surface area contributed by atoms with Gasteiger partial charge in [-0.3, -0.25) is 4.79 Å². The summed E-state index contributed by atoms with van der Waals surface area (Å²) in [7, 11) is -2.50. The lowest BCUT2D eigenvalue weighted by Crippen LogP contribution is -2.51. The number of hydrogen-bond donors (Lipinski definition) is 0. The predicted molar refractivity (Wildman–Crippen MR) is 99.2 cm³/mol. The number of benzene rings is 1. The summed E-state index contributed by atoms with van der Waals surface area (Å²) in [5.41, 5.74) is 0. The quantitative estimate of drug-likeness (QED) is 0.764. The maximum atomic E-state index is 13.0. The molecular formula is C18H21FN4O3S. The minimum atomic E-state index is -3.84. The molecule has 9 heteroatoms. The van der Waals surface area contributed by atoms with E-state index in [9.17, 15) is 17.6 Å². The van der Waals surface area contributed by atoms with Crippen molar-refractivity contribution in [1.82, 2.24) is 14.2 Å². The van der Waals surface area contributed by atoms with Gasteiger partial charge in [0.15, 0.2) is 0 Å². The molecule has 0 N–H and O–H groups in total. The van der Waals surface area contributed by atoms with Gasteiger partial charge in [0.1, 0.15) is 11.6 Å². The van der Waals surface area contributed by atoms with E-state index in [4.69, 9.17) is 0 Å². The van der Waals surface area contributed by atoms with Gasteiger partial charge in [-0.2, -0.15) is 4.31 Å². The molecule has 1 fully saturated rings. The Morgan fingerprint density at radius 2 is 1.78 bits per heavy atom. The number of amides is 1. The van der Waals surface area contributed by atoms with E-state index in [2.05, 4.69) is 9.88 Å². The standard InChI is InChI=1S/C18H21FN4O3S/c1-21(27(25,26)16-7-5-15(19)6-8-16)14-18(24)23-12-10-22(11-13-23)17-4-2-3-9-20-17/h2-9H,10-14H2,1H3. The molecule has 1 saturated heterocycles. The fraction of sp³-hybridized carbons (Fsp3) is 0.333. The number of carbonyl (C=O) groups is 1. The van der Waals surface area contributed by atoms with Crippen molar-refractivity contribution in [2.24, 2.45) is 0 Å². The zero-order chi connectivity index (χ0) is 19.4. The highest BCUT2D eigenvalue weighted by molar-refractivity contribution is 7.89. The molecule has 0 aliphatic carbocycles. The number of nitrogens with zero attached hydrogens (tertiary/aromatic N) is 4. The molecule has 1 amide bonds. The SMILES string of the molecule is CN(CC(=O)N1CCN(c2ccccn2)CC1)S(=O)(=O)c1ccc(F)cc1. The van der Waals surface area contributed by atoms with Crippen molar-refractivity contribution < 1.29 is 17.6 Å². The molecule has 0 radical (unpaired) electrons. The lowest BCUT2D eigenvalue weighted by atomic mass is 10.3. The Labute approximate surface area is 158 Å². The molecule has 7 nitrogen and oxygen atoms in total. The Kier molecular flexibility index (Phi) is 5.71. The summed E-state index contributed by atoms with van der Waals surface area (Å²) < 4.78 is 39.0. The summed E-state index contributed by atoms with van der Waals surface area (Å²) in [6, 6.07) is 10.2. The van der Waals surface area contributed by atoms with Crippen molar-refractivity contribution in [1.29, 1.82) is 0 Å². The first-order valence-electron chi connectivity index (χ1n) is 8.53. The summed E-state index contributed by atoms with van der Waals surface area (Å²) in [5, 5.41) is 0. The molecule has 2 heterocycles. The van der Waals surface area contributed by atoms with Gasteiger partial charge in [0.05, 0.1) is 11.4 Å². The molecule has 0 saturated carbocycles. The first kappa shape index (κ1) is 19.2. The minimum Gasteiger partial charge on any atom is -0.353 e. The first-order chi connectivity index (χ1) is 12.9. The molecule has 2 aromatic rings. The van der Waals surface area contributed by atoms with E-state index in [-0.39, 0.29) is 17.3 Å². The van der Waals surface area contributed by atoms with Crippen LogP contribution in [-0.2, 0) is 14.8 Å². The molecule has 1 aromatic heterocycles. The summed E-state index contributed by atoms with van der Waals surface area (Å²) >= 11 is 0. The predicted octanol–water partition coefficient (Wildman–Crippen LogP) is 1.19. The minimum absolute atomic E-state index is 0.0424. The van der Waals surface area contributed by atoms with E-state index in [1.165, 1.54) is 19.2 Å². The summed E-state index contributed by atoms with van der Waals surface area (Å²) in [6.07, 6.45) is 1.72. The Hall–Kier alpha value is -2.52. The third kappa shape index (κ3) is 4.42. The summed E-state index contributed by atoms with van der Waals surface area (Å²) in [6.45, 7) is 2.01. The van der Waals surface area contributed by atoms with Crippen molar-refractivity contribution in [2.45, 2.75) is 4.90 Å². The second-order valence-corrected chi connectivity index (χ2v) is 8.32. The number of carbonyl (C=O) groups excluding carboxylic acids is 1. The topological polar surface area (TPSA) is 73.8 Å². The second-order valence-electron chi connectivity index (χ2n) is 6.27. The van der Waals surface area contributed by atoms with E-state index in [0.717, 1.165) is 22.3 Å². The Balaban J connectivity index is 1.58. The van der Waals surface area contributed by atoms with Crippen LogP contribution in [0.1, 0.15) is 0 Å². The van der Waals surface area contributed by atoms with Crippen LogP contribution in [0.3, 0.4) is 0 Å². The van der Waals surface area contributed by atoms with E-state index >= 15 is 0 Å². The molecule has 27 heavy (non-hydrogen) atoms. The highest BCUT2D eigenvalue weighted by Crippen LogP contribution is 2.16. The van der Waals surface area contributed by atoms with Crippen LogP contribution in [0, 0.1) is 5.82 Å².